The Balaban J connectivity index is 1.88. The van der Waals surface area contributed by atoms with Crippen LogP contribution in [-0.2, 0) is 6.54 Å². The molecule has 0 aliphatic carbocycles. The number of anilines is 2. The van der Waals surface area contributed by atoms with E-state index in [9.17, 15) is 4.39 Å². The largest absolute Gasteiger partial charge is 0.397 e. The normalized spacial score (nSPS) is 10.2. The van der Waals surface area contributed by atoms with Crippen molar-refractivity contribution in [2.75, 3.05) is 11.2 Å². The Morgan fingerprint density at radius 3 is 2.41 bits per heavy atom. The summed E-state index contributed by atoms with van der Waals surface area (Å²) in [7, 11) is 0. The van der Waals surface area contributed by atoms with Gasteiger partial charge in [0.2, 0.25) is 0 Å². The molecule has 0 spiro atoms. The first-order chi connectivity index (χ1) is 8.25. The van der Waals surface area contributed by atoms with Gasteiger partial charge in [0.05, 0.1) is 11.4 Å². The third kappa shape index (κ3) is 3.19. The van der Waals surface area contributed by atoms with Crippen molar-refractivity contribution in [3.63, 3.8) is 0 Å². The van der Waals surface area contributed by atoms with Crippen LogP contribution in [0.5, 0.6) is 0 Å². The van der Waals surface area contributed by atoms with Gasteiger partial charge in [0.1, 0.15) is 5.82 Å². The molecule has 4 N–H and O–H groups in total. The third-order valence-electron chi connectivity index (χ3n) is 2.39. The summed E-state index contributed by atoms with van der Waals surface area (Å²) in [4.78, 5) is 0. The lowest BCUT2D eigenvalue weighted by atomic mass is 10.2. The van der Waals surface area contributed by atoms with E-state index in [2.05, 4.69) is 10.9 Å². The van der Waals surface area contributed by atoms with E-state index in [-0.39, 0.29) is 5.82 Å². The maximum atomic E-state index is 12.7. The summed E-state index contributed by atoms with van der Waals surface area (Å²) < 4.78 is 12.7. The molecular formula is C13H14FN3. The average molecular weight is 231 g/mol. The van der Waals surface area contributed by atoms with Crippen LogP contribution in [-0.4, -0.2) is 0 Å². The highest BCUT2D eigenvalue weighted by Gasteiger charge is 1.96. The number of hydrogen-bond donors (Lipinski definition) is 3. The molecule has 0 atom stereocenters. The predicted molar refractivity (Wildman–Crippen MR) is 67.7 cm³/mol. The Morgan fingerprint density at radius 1 is 1.00 bits per heavy atom. The summed E-state index contributed by atoms with van der Waals surface area (Å²) in [6, 6.07) is 13.8. The second kappa shape index (κ2) is 5.32. The molecule has 4 heteroatoms. The second-order valence-electron chi connectivity index (χ2n) is 3.69. The van der Waals surface area contributed by atoms with E-state index in [1.807, 2.05) is 24.3 Å². The van der Waals surface area contributed by atoms with E-state index >= 15 is 0 Å². The number of hydrazine groups is 1. The van der Waals surface area contributed by atoms with Crippen molar-refractivity contribution in [1.82, 2.24) is 5.43 Å². The lowest BCUT2D eigenvalue weighted by Crippen LogP contribution is -2.21. The van der Waals surface area contributed by atoms with E-state index in [1.54, 1.807) is 12.1 Å². The number of nitrogen functional groups attached to an aromatic ring is 1. The Bertz CT molecular complexity index is 482. The molecule has 88 valence electrons. The van der Waals surface area contributed by atoms with Crippen molar-refractivity contribution in [1.29, 1.82) is 0 Å². The van der Waals surface area contributed by atoms with Gasteiger partial charge >= 0.3 is 0 Å². The average Bonchev–Trinajstić information content (AvgIpc) is 2.34. The minimum atomic E-state index is -0.228. The molecule has 0 aliphatic heterocycles. The van der Waals surface area contributed by atoms with Crippen LogP contribution in [0.1, 0.15) is 5.56 Å². The number of benzene rings is 2. The Kier molecular flexibility index (Phi) is 3.57. The van der Waals surface area contributed by atoms with Crippen molar-refractivity contribution in [2.24, 2.45) is 0 Å². The highest BCUT2D eigenvalue weighted by molar-refractivity contribution is 5.64. The minimum absolute atomic E-state index is 0.228. The van der Waals surface area contributed by atoms with Crippen molar-refractivity contribution < 1.29 is 4.39 Å². The van der Waals surface area contributed by atoms with E-state index in [1.165, 1.54) is 12.1 Å². The Hall–Kier alpha value is -2.07. The highest BCUT2D eigenvalue weighted by Crippen LogP contribution is 2.15. The van der Waals surface area contributed by atoms with Gasteiger partial charge in [-0.05, 0) is 29.8 Å². The van der Waals surface area contributed by atoms with Crippen LogP contribution in [0.25, 0.3) is 0 Å². The first-order valence-corrected chi connectivity index (χ1v) is 5.33. The summed E-state index contributed by atoms with van der Waals surface area (Å²) in [6.07, 6.45) is 0. The molecule has 0 saturated heterocycles. The molecule has 0 bridgehead atoms. The number of hydrogen-bond acceptors (Lipinski definition) is 3. The zero-order valence-electron chi connectivity index (χ0n) is 9.28. The molecule has 0 saturated carbocycles. The zero-order valence-corrected chi connectivity index (χ0v) is 9.28. The standard InChI is InChI=1S/C13H14FN3/c14-11-7-5-10(6-8-11)9-16-17-13-4-2-1-3-12(13)15/h1-8,16-17H,9,15H2. The summed E-state index contributed by atoms with van der Waals surface area (Å²) in [5, 5.41) is 0. The van der Waals surface area contributed by atoms with E-state index in [4.69, 9.17) is 5.73 Å². The SMILES string of the molecule is Nc1ccccc1NNCc1ccc(F)cc1. The molecule has 3 nitrogen and oxygen atoms in total. The molecule has 2 aromatic carbocycles. The van der Waals surface area contributed by atoms with E-state index in [0.29, 0.717) is 12.2 Å². The maximum Gasteiger partial charge on any atom is 0.123 e. The van der Waals surface area contributed by atoms with E-state index in [0.717, 1.165) is 11.3 Å². The van der Waals surface area contributed by atoms with Gasteiger partial charge in [-0.15, -0.1) is 0 Å². The monoisotopic (exact) mass is 231 g/mol. The summed E-state index contributed by atoms with van der Waals surface area (Å²) in [6.45, 7) is 0.592. The van der Waals surface area contributed by atoms with Gasteiger partial charge in [0, 0.05) is 6.54 Å². The molecule has 0 fully saturated rings. The van der Waals surface area contributed by atoms with Crippen LogP contribution in [0.2, 0.25) is 0 Å². The van der Waals surface area contributed by atoms with Crippen LogP contribution >= 0.6 is 0 Å². The summed E-state index contributed by atoms with van der Waals surface area (Å²) in [5.41, 5.74) is 14.3. The lowest BCUT2D eigenvalue weighted by Gasteiger charge is -2.10. The summed E-state index contributed by atoms with van der Waals surface area (Å²) >= 11 is 0. The summed E-state index contributed by atoms with van der Waals surface area (Å²) in [5.74, 6) is -0.228. The van der Waals surface area contributed by atoms with Crippen molar-refractivity contribution in [3.05, 3.63) is 59.9 Å². The quantitative estimate of drug-likeness (QED) is 0.560. The van der Waals surface area contributed by atoms with Crippen LogP contribution < -0.4 is 16.6 Å². The highest BCUT2D eigenvalue weighted by atomic mass is 19.1. The van der Waals surface area contributed by atoms with Crippen molar-refractivity contribution >= 4 is 11.4 Å². The Morgan fingerprint density at radius 2 is 1.71 bits per heavy atom. The smallest absolute Gasteiger partial charge is 0.123 e. The second-order valence-corrected chi connectivity index (χ2v) is 3.69. The van der Waals surface area contributed by atoms with Crippen LogP contribution in [0.4, 0.5) is 15.8 Å². The molecule has 2 rings (SSSR count). The zero-order chi connectivity index (χ0) is 12.1. The number of para-hydroxylation sites is 2. The van der Waals surface area contributed by atoms with Crippen molar-refractivity contribution in [3.8, 4) is 0 Å². The fourth-order valence-corrected chi connectivity index (χ4v) is 1.45. The molecule has 0 radical (unpaired) electrons. The first kappa shape index (κ1) is 11.4. The fraction of sp³-hybridized carbons (Fsp3) is 0.0769. The fourth-order valence-electron chi connectivity index (χ4n) is 1.45. The molecule has 0 aliphatic rings. The molecule has 0 aromatic heterocycles. The van der Waals surface area contributed by atoms with Crippen LogP contribution in [0, 0.1) is 5.82 Å². The van der Waals surface area contributed by atoms with E-state index < -0.39 is 0 Å². The van der Waals surface area contributed by atoms with Gasteiger partial charge in [-0.3, -0.25) is 0 Å². The molecule has 2 aromatic rings. The number of rotatable bonds is 4. The van der Waals surface area contributed by atoms with Gasteiger partial charge in [0.15, 0.2) is 0 Å². The van der Waals surface area contributed by atoms with Crippen LogP contribution in [0.15, 0.2) is 48.5 Å². The van der Waals surface area contributed by atoms with Gasteiger partial charge in [0.25, 0.3) is 0 Å². The molecule has 0 unspecified atom stereocenters. The maximum absolute atomic E-state index is 12.7. The first-order valence-electron chi connectivity index (χ1n) is 5.33. The van der Waals surface area contributed by atoms with Crippen molar-refractivity contribution in [2.45, 2.75) is 6.54 Å². The lowest BCUT2D eigenvalue weighted by molar-refractivity contribution is 0.626. The molecular weight excluding hydrogens is 217 g/mol. The Labute approximate surface area is 99.4 Å². The molecule has 17 heavy (non-hydrogen) atoms. The van der Waals surface area contributed by atoms with Gasteiger partial charge < -0.3 is 11.2 Å². The molecule has 0 heterocycles. The number of nitrogens with two attached hydrogens (primary N) is 1. The topological polar surface area (TPSA) is 50.1 Å². The van der Waals surface area contributed by atoms with Gasteiger partial charge in [-0.1, -0.05) is 24.3 Å². The van der Waals surface area contributed by atoms with Gasteiger partial charge in [-0.2, -0.15) is 0 Å². The number of nitrogens with one attached hydrogen (secondary N) is 2. The third-order valence-corrected chi connectivity index (χ3v) is 2.39. The number of halogens is 1. The molecule has 0 amide bonds. The van der Waals surface area contributed by atoms with Crippen LogP contribution in [0.3, 0.4) is 0 Å². The predicted octanol–water partition coefficient (Wildman–Crippen LogP) is 2.52. The minimum Gasteiger partial charge on any atom is -0.397 e. The van der Waals surface area contributed by atoms with Gasteiger partial charge in [-0.25, -0.2) is 9.82 Å².